The van der Waals surface area contributed by atoms with Gasteiger partial charge in [-0.05, 0) is 35.9 Å². The van der Waals surface area contributed by atoms with Crippen LogP contribution in [0.4, 0.5) is 0 Å². The second-order valence-corrected chi connectivity index (χ2v) is 8.15. The molecule has 0 fully saturated rings. The van der Waals surface area contributed by atoms with Crippen molar-refractivity contribution in [1.29, 1.82) is 0 Å². The fraction of sp³-hybridized carbons (Fsp3) is 0.0435. The lowest BCUT2D eigenvalue weighted by molar-refractivity contribution is 0.221. The van der Waals surface area contributed by atoms with Gasteiger partial charge in [0.2, 0.25) is 0 Å². The lowest BCUT2D eigenvalue weighted by Crippen LogP contribution is -1.99. The summed E-state index contributed by atoms with van der Waals surface area (Å²) in [6.45, 7) is 0. The minimum absolute atomic E-state index is 0.640. The number of rotatable bonds is 4. The Morgan fingerprint density at radius 2 is 1.79 bits per heavy atom. The summed E-state index contributed by atoms with van der Waals surface area (Å²) >= 11 is 7.62. The molecule has 6 heteroatoms. The fourth-order valence-electron chi connectivity index (χ4n) is 3.45. The van der Waals surface area contributed by atoms with E-state index in [2.05, 4.69) is 21.0 Å². The van der Waals surface area contributed by atoms with Crippen molar-refractivity contribution in [2.24, 2.45) is 0 Å². The Balaban J connectivity index is 1.69. The van der Waals surface area contributed by atoms with Crippen molar-refractivity contribution in [3.8, 4) is 21.1 Å². The van der Waals surface area contributed by atoms with Crippen molar-refractivity contribution in [2.75, 3.05) is 0 Å². The van der Waals surface area contributed by atoms with Gasteiger partial charge in [0.15, 0.2) is 0 Å². The molecule has 2 N–H and O–H groups in total. The highest BCUT2D eigenvalue weighted by Crippen LogP contribution is 2.43. The Morgan fingerprint density at radius 1 is 0.966 bits per heavy atom. The molecule has 0 saturated heterocycles. The van der Waals surface area contributed by atoms with Gasteiger partial charge >= 0.3 is 0 Å². The number of aliphatic hydroxyl groups is 1. The lowest BCUT2D eigenvalue weighted by Gasteiger charge is -2.11. The maximum absolute atomic E-state index is 11.1. The van der Waals surface area contributed by atoms with Gasteiger partial charge in [-0.1, -0.05) is 41.9 Å². The molecule has 1 atom stereocenters. The molecule has 142 valence electrons. The van der Waals surface area contributed by atoms with Gasteiger partial charge in [0, 0.05) is 45.0 Å². The van der Waals surface area contributed by atoms with Crippen LogP contribution in [0.3, 0.4) is 0 Å². The summed E-state index contributed by atoms with van der Waals surface area (Å²) < 4.78 is 0. The molecule has 29 heavy (non-hydrogen) atoms. The number of nitrogens with one attached hydrogen (secondary N) is 1. The van der Waals surface area contributed by atoms with E-state index in [1.165, 1.54) is 0 Å². The average Bonchev–Trinajstić information content (AvgIpc) is 3.43. The first-order chi connectivity index (χ1) is 14.2. The summed E-state index contributed by atoms with van der Waals surface area (Å²) in [5.74, 6) is 0.739. The van der Waals surface area contributed by atoms with Gasteiger partial charge in [-0.25, -0.2) is 4.98 Å². The number of aliphatic hydroxyl groups excluding tert-OH is 1. The van der Waals surface area contributed by atoms with Gasteiger partial charge in [0.25, 0.3) is 0 Å². The van der Waals surface area contributed by atoms with Crippen LogP contribution in [0.1, 0.15) is 17.2 Å². The molecule has 0 aliphatic carbocycles. The van der Waals surface area contributed by atoms with Crippen molar-refractivity contribution in [3.05, 3.63) is 95.4 Å². The van der Waals surface area contributed by atoms with Crippen LogP contribution in [0.2, 0.25) is 5.02 Å². The number of benzene rings is 2. The lowest BCUT2D eigenvalue weighted by atomic mass is 10.00. The predicted molar refractivity (Wildman–Crippen MR) is 118 cm³/mol. The summed E-state index contributed by atoms with van der Waals surface area (Å²) in [6, 6.07) is 19.4. The number of H-pyrrole nitrogens is 1. The largest absolute Gasteiger partial charge is 0.384 e. The highest BCUT2D eigenvalue weighted by molar-refractivity contribution is 7.19. The van der Waals surface area contributed by atoms with Crippen molar-refractivity contribution in [2.45, 2.75) is 6.10 Å². The smallest absolute Gasteiger partial charge is 0.147 e. The monoisotopic (exact) mass is 417 g/mol. The SMILES string of the molecule is OC(c1ccc(Cl)cc1)c1cc(-c2ccnc3ccccc23)sc1-c1ncc[nH]1. The van der Waals surface area contributed by atoms with Crippen molar-refractivity contribution in [1.82, 2.24) is 15.0 Å². The van der Waals surface area contributed by atoms with Gasteiger partial charge < -0.3 is 10.1 Å². The van der Waals surface area contributed by atoms with Crippen molar-refractivity contribution < 1.29 is 5.11 Å². The van der Waals surface area contributed by atoms with E-state index in [4.69, 9.17) is 11.6 Å². The van der Waals surface area contributed by atoms with Crippen LogP contribution in [-0.2, 0) is 0 Å². The molecular weight excluding hydrogens is 402 g/mol. The van der Waals surface area contributed by atoms with Crippen molar-refractivity contribution >= 4 is 33.8 Å². The molecule has 1 unspecified atom stereocenters. The molecule has 0 spiro atoms. The Bertz CT molecular complexity index is 1270. The average molecular weight is 418 g/mol. The first kappa shape index (κ1) is 18.1. The molecule has 5 rings (SSSR count). The summed E-state index contributed by atoms with van der Waals surface area (Å²) in [7, 11) is 0. The van der Waals surface area contributed by atoms with Crippen molar-refractivity contribution in [3.63, 3.8) is 0 Å². The minimum atomic E-state index is -0.787. The zero-order valence-electron chi connectivity index (χ0n) is 15.2. The number of hydrogen-bond acceptors (Lipinski definition) is 4. The molecule has 0 aliphatic heterocycles. The Labute approximate surface area is 176 Å². The third-order valence-electron chi connectivity index (χ3n) is 4.87. The van der Waals surface area contributed by atoms with E-state index in [-0.39, 0.29) is 0 Å². The standard InChI is InChI=1S/C23H16ClN3OS/c24-15-7-5-14(6-8-15)21(28)18-13-20(29-22(18)23-26-11-12-27-23)17-9-10-25-19-4-2-1-3-16(17)19/h1-13,21,28H,(H,26,27). The Hall–Kier alpha value is -2.99. The molecule has 2 aromatic carbocycles. The molecular formula is C23H16ClN3OS. The molecule has 0 radical (unpaired) electrons. The highest BCUT2D eigenvalue weighted by atomic mass is 35.5. The number of aromatic amines is 1. The van der Waals surface area contributed by atoms with Crippen LogP contribution >= 0.6 is 22.9 Å². The van der Waals surface area contributed by atoms with Gasteiger partial charge in [0.05, 0.1) is 10.4 Å². The molecule has 5 aromatic rings. The zero-order valence-corrected chi connectivity index (χ0v) is 16.8. The maximum atomic E-state index is 11.1. The third kappa shape index (κ3) is 3.34. The molecule has 0 aliphatic rings. The molecule has 4 nitrogen and oxygen atoms in total. The molecule has 0 amide bonds. The predicted octanol–water partition coefficient (Wildman–Crippen LogP) is 6.09. The number of pyridine rings is 1. The first-order valence-corrected chi connectivity index (χ1v) is 10.3. The molecule has 3 heterocycles. The Kier molecular flexibility index (Phi) is 4.64. The van der Waals surface area contributed by atoms with Crippen LogP contribution in [-0.4, -0.2) is 20.1 Å². The molecule has 3 aromatic heterocycles. The fourth-order valence-corrected chi connectivity index (χ4v) is 4.77. The summed E-state index contributed by atoms with van der Waals surface area (Å²) in [5.41, 5.74) is 3.62. The number of para-hydroxylation sites is 1. The summed E-state index contributed by atoms with van der Waals surface area (Å²) in [5, 5.41) is 12.9. The van der Waals surface area contributed by atoms with Crippen LogP contribution in [0, 0.1) is 0 Å². The minimum Gasteiger partial charge on any atom is -0.384 e. The second-order valence-electron chi connectivity index (χ2n) is 6.66. The van der Waals surface area contributed by atoms with Crippen LogP contribution in [0.15, 0.2) is 79.3 Å². The number of nitrogens with zero attached hydrogens (tertiary/aromatic N) is 2. The Morgan fingerprint density at radius 3 is 2.59 bits per heavy atom. The topological polar surface area (TPSA) is 61.8 Å². The first-order valence-electron chi connectivity index (χ1n) is 9.12. The molecule has 0 bridgehead atoms. The van der Waals surface area contributed by atoms with Crippen LogP contribution in [0.25, 0.3) is 32.0 Å². The van der Waals surface area contributed by atoms with Crippen LogP contribution in [0.5, 0.6) is 0 Å². The molecule has 0 saturated carbocycles. The number of fused-ring (bicyclic) bond motifs is 1. The quantitative estimate of drug-likeness (QED) is 0.372. The van der Waals surface area contributed by atoms with E-state index < -0.39 is 6.10 Å². The van der Waals surface area contributed by atoms with Gasteiger partial charge in [0.1, 0.15) is 11.9 Å². The van der Waals surface area contributed by atoms with Gasteiger partial charge in [-0.2, -0.15) is 0 Å². The highest BCUT2D eigenvalue weighted by Gasteiger charge is 2.22. The normalized spacial score (nSPS) is 12.3. The third-order valence-corrected chi connectivity index (χ3v) is 6.31. The van der Waals surface area contributed by atoms with E-state index in [0.717, 1.165) is 43.2 Å². The van der Waals surface area contributed by atoms with E-state index in [1.807, 2.05) is 48.7 Å². The van der Waals surface area contributed by atoms with E-state index in [9.17, 15) is 5.11 Å². The summed E-state index contributed by atoms with van der Waals surface area (Å²) in [4.78, 5) is 14.0. The second kappa shape index (κ2) is 7.44. The summed E-state index contributed by atoms with van der Waals surface area (Å²) in [6.07, 6.45) is 4.54. The number of thiophene rings is 1. The van der Waals surface area contributed by atoms with Gasteiger partial charge in [-0.3, -0.25) is 4.98 Å². The van der Waals surface area contributed by atoms with Crippen LogP contribution < -0.4 is 0 Å². The van der Waals surface area contributed by atoms with E-state index in [1.54, 1.807) is 35.9 Å². The van der Waals surface area contributed by atoms with Gasteiger partial charge in [-0.15, -0.1) is 11.3 Å². The number of aromatic nitrogens is 3. The number of hydrogen-bond donors (Lipinski definition) is 2. The number of halogens is 1. The van der Waals surface area contributed by atoms with E-state index >= 15 is 0 Å². The number of imidazole rings is 1. The van der Waals surface area contributed by atoms with E-state index in [0.29, 0.717) is 5.02 Å². The maximum Gasteiger partial charge on any atom is 0.147 e. The zero-order chi connectivity index (χ0) is 19.8.